The van der Waals surface area contributed by atoms with Gasteiger partial charge >= 0.3 is 0 Å². The normalized spacial score (nSPS) is 19.7. The van der Waals surface area contributed by atoms with E-state index in [9.17, 15) is 4.79 Å². The second kappa shape index (κ2) is 6.92. The SMILES string of the molecule is CSCc1cccnc1C(=O)NC[C@@H]1C[C@H]1c1cccnc1. The highest BCUT2D eigenvalue weighted by Gasteiger charge is 2.38. The molecule has 5 heteroatoms. The Morgan fingerprint density at radius 2 is 2.23 bits per heavy atom. The van der Waals surface area contributed by atoms with Crippen LogP contribution in [0.25, 0.3) is 0 Å². The Kier molecular flexibility index (Phi) is 4.73. The van der Waals surface area contributed by atoms with Crippen molar-refractivity contribution in [2.75, 3.05) is 12.8 Å². The maximum absolute atomic E-state index is 12.3. The molecule has 0 radical (unpaired) electrons. The fourth-order valence-electron chi connectivity index (χ4n) is 2.70. The zero-order valence-electron chi connectivity index (χ0n) is 12.5. The highest BCUT2D eigenvalue weighted by molar-refractivity contribution is 7.97. The number of carbonyl (C=O) groups is 1. The molecule has 2 aromatic heterocycles. The molecule has 0 spiro atoms. The lowest BCUT2D eigenvalue weighted by molar-refractivity contribution is 0.0946. The number of aromatic nitrogens is 2. The second-order valence-electron chi connectivity index (χ2n) is 5.54. The number of nitrogens with one attached hydrogen (secondary N) is 1. The fraction of sp³-hybridized carbons (Fsp3) is 0.353. The molecule has 0 unspecified atom stereocenters. The smallest absolute Gasteiger partial charge is 0.270 e. The molecule has 0 saturated heterocycles. The first-order chi connectivity index (χ1) is 10.8. The quantitative estimate of drug-likeness (QED) is 0.891. The summed E-state index contributed by atoms with van der Waals surface area (Å²) in [6, 6.07) is 7.91. The Morgan fingerprint density at radius 1 is 1.36 bits per heavy atom. The Morgan fingerprint density at radius 3 is 3.00 bits per heavy atom. The van der Waals surface area contributed by atoms with Crippen LogP contribution in [-0.4, -0.2) is 28.7 Å². The van der Waals surface area contributed by atoms with E-state index in [-0.39, 0.29) is 5.91 Å². The van der Waals surface area contributed by atoms with E-state index in [1.165, 1.54) is 5.56 Å². The molecule has 22 heavy (non-hydrogen) atoms. The molecule has 1 fully saturated rings. The molecule has 1 aliphatic carbocycles. The monoisotopic (exact) mass is 313 g/mol. The summed E-state index contributed by atoms with van der Waals surface area (Å²) >= 11 is 1.69. The van der Waals surface area contributed by atoms with E-state index in [1.54, 1.807) is 24.2 Å². The largest absolute Gasteiger partial charge is 0.350 e. The highest BCUT2D eigenvalue weighted by atomic mass is 32.2. The van der Waals surface area contributed by atoms with Crippen molar-refractivity contribution < 1.29 is 4.79 Å². The van der Waals surface area contributed by atoms with Crippen LogP contribution in [0.2, 0.25) is 0 Å². The first-order valence-corrected chi connectivity index (χ1v) is 8.80. The molecule has 2 aromatic rings. The number of thioether (sulfide) groups is 1. The average Bonchev–Trinajstić information content (AvgIpc) is 3.34. The number of amides is 1. The lowest BCUT2D eigenvalue weighted by Crippen LogP contribution is -2.27. The molecule has 2 heterocycles. The van der Waals surface area contributed by atoms with E-state index in [2.05, 4.69) is 21.4 Å². The molecule has 1 amide bonds. The summed E-state index contributed by atoms with van der Waals surface area (Å²) in [5.41, 5.74) is 2.81. The van der Waals surface area contributed by atoms with Gasteiger partial charge in [-0.05, 0) is 47.8 Å². The summed E-state index contributed by atoms with van der Waals surface area (Å²) in [6.07, 6.45) is 8.52. The first kappa shape index (κ1) is 15.0. The van der Waals surface area contributed by atoms with Gasteiger partial charge < -0.3 is 5.32 Å². The van der Waals surface area contributed by atoms with Crippen LogP contribution in [0.5, 0.6) is 0 Å². The van der Waals surface area contributed by atoms with Crippen molar-refractivity contribution in [1.82, 2.24) is 15.3 Å². The van der Waals surface area contributed by atoms with Gasteiger partial charge in [-0.1, -0.05) is 12.1 Å². The van der Waals surface area contributed by atoms with Gasteiger partial charge in [0.15, 0.2) is 0 Å². The zero-order valence-corrected chi connectivity index (χ0v) is 13.3. The standard InChI is InChI=1S/C17H19N3OS/c1-22-11-13-5-3-7-19-16(13)17(21)20-10-14-8-15(14)12-4-2-6-18-9-12/h2-7,9,14-15H,8,10-11H2,1H3,(H,20,21)/t14-,15-/m0/s1. The average molecular weight is 313 g/mol. The molecule has 0 aliphatic heterocycles. The van der Waals surface area contributed by atoms with Gasteiger partial charge in [0.1, 0.15) is 5.69 Å². The Hall–Kier alpha value is -1.88. The van der Waals surface area contributed by atoms with Crippen molar-refractivity contribution in [3.05, 3.63) is 59.7 Å². The third-order valence-corrected chi connectivity index (χ3v) is 4.57. The van der Waals surface area contributed by atoms with Crippen molar-refractivity contribution in [3.63, 3.8) is 0 Å². The van der Waals surface area contributed by atoms with Crippen molar-refractivity contribution in [1.29, 1.82) is 0 Å². The van der Waals surface area contributed by atoms with Gasteiger partial charge in [-0.3, -0.25) is 14.8 Å². The van der Waals surface area contributed by atoms with Crippen molar-refractivity contribution in [2.45, 2.75) is 18.1 Å². The van der Waals surface area contributed by atoms with Gasteiger partial charge in [-0.15, -0.1) is 0 Å². The van der Waals surface area contributed by atoms with E-state index in [4.69, 9.17) is 0 Å². The topological polar surface area (TPSA) is 54.9 Å². The highest BCUT2D eigenvalue weighted by Crippen LogP contribution is 2.46. The van der Waals surface area contributed by atoms with E-state index >= 15 is 0 Å². The number of hydrogen-bond donors (Lipinski definition) is 1. The maximum Gasteiger partial charge on any atom is 0.270 e. The predicted octanol–water partition coefficient (Wildman–Crippen LogP) is 2.87. The minimum atomic E-state index is -0.0681. The molecule has 1 N–H and O–H groups in total. The Bertz CT molecular complexity index is 647. The van der Waals surface area contributed by atoms with E-state index in [1.807, 2.05) is 30.7 Å². The van der Waals surface area contributed by atoms with Crippen LogP contribution in [0.4, 0.5) is 0 Å². The molecule has 0 bridgehead atoms. The molecular formula is C17H19N3OS. The van der Waals surface area contributed by atoms with Gasteiger partial charge in [0.05, 0.1) is 0 Å². The molecule has 114 valence electrons. The lowest BCUT2D eigenvalue weighted by atomic mass is 10.1. The lowest BCUT2D eigenvalue weighted by Gasteiger charge is -2.08. The van der Waals surface area contributed by atoms with Crippen molar-refractivity contribution in [3.8, 4) is 0 Å². The number of pyridine rings is 2. The summed E-state index contributed by atoms with van der Waals surface area (Å²) in [5.74, 6) is 1.78. The van der Waals surface area contributed by atoms with E-state index < -0.39 is 0 Å². The van der Waals surface area contributed by atoms with Crippen LogP contribution in [0, 0.1) is 5.92 Å². The maximum atomic E-state index is 12.3. The van der Waals surface area contributed by atoms with Crippen LogP contribution in [-0.2, 0) is 5.75 Å². The molecular weight excluding hydrogens is 294 g/mol. The molecule has 3 rings (SSSR count). The van der Waals surface area contributed by atoms with Crippen LogP contribution in [0.3, 0.4) is 0 Å². The fourth-order valence-corrected chi connectivity index (χ4v) is 3.24. The zero-order chi connectivity index (χ0) is 15.4. The number of rotatable bonds is 6. The molecule has 4 nitrogen and oxygen atoms in total. The van der Waals surface area contributed by atoms with Gasteiger partial charge in [0.2, 0.25) is 0 Å². The molecule has 2 atom stereocenters. The van der Waals surface area contributed by atoms with Crippen LogP contribution < -0.4 is 5.32 Å². The number of carbonyl (C=O) groups excluding carboxylic acids is 1. The second-order valence-corrected chi connectivity index (χ2v) is 6.41. The van der Waals surface area contributed by atoms with Gasteiger partial charge in [0, 0.05) is 30.9 Å². The van der Waals surface area contributed by atoms with Gasteiger partial charge in [-0.25, -0.2) is 0 Å². The van der Waals surface area contributed by atoms with Crippen molar-refractivity contribution in [2.24, 2.45) is 5.92 Å². The predicted molar refractivity (Wildman–Crippen MR) is 88.9 cm³/mol. The summed E-state index contributed by atoms with van der Waals surface area (Å²) in [5, 5.41) is 3.03. The van der Waals surface area contributed by atoms with Crippen molar-refractivity contribution >= 4 is 17.7 Å². The third kappa shape index (κ3) is 3.47. The number of hydrogen-bond acceptors (Lipinski definition) is 4. The summed E-state index contributed by atoms with van der Waals surface area (Å²) < 4.78 is 0. The molecule has 0 aromatic carbocycles. The Balaban J connectivity index is 1.56. The minimum absolute atomic E-state index is 0.0681. The van der Waals surface area contributed by atoms with E-state index in [0.29, 0.717) is 24.1 Å². The third-order valence-electron chi connectivity index (χ3n) is 3.97. The summed E-state index contributed by atoms with van der Waals surface area (Å²) in [6.45, 7) is 0.702. The van der Waals surface area contributed by atoms with Crippen LogP contribution in [0.15, 0.2) is 42.9 Å². The summed E-state index contributed by atoms with van der Waals surface area (Å²) in [7, 11) is 0. The van der Waals surface area contributed by atoms with Gasteiger partial charge in [0.25, 0.3) is 5.91 Å². The summed E-state index contributed by atoms with van der Waals surface area (Å²) in [4.78, 5) is 20.7. The first-order valence-electron chi connectivity index (χ1n) is 7.40. The van der Waals surface area contributed by atoms with E-state index in [0.717, 1.165) is 17.7 Å². The number of nitrogens with zero attached hydrogens (tertiary/aromatic N) is 2. The molecule has 1 saturated carbocycles. The van der Waals surface area contributed by atoms with Crippen LogP contribution >= 0.6 is 11.8 Å². The van der Waals surface area contributed by atoms with Gasteiger partial charge in [-0.2, -0.15) is 11.8 Å². The molecule has 1 aliphatic rings. The minimum Gasteiger partial charge on any atom is -0.350 e. The Labute approximate surface area is 134 Å². The van der Waals surface area contributed by atoms with Crippen LogP contribution in [0.1, 0.15) is 34.0 Å².